The number of aromatic amines is 2. The molecule has 2 heterocycles. The van der Waals surface area contributed by atoms with E-state index >= 15 is 0 Å². The van der Waals surface area contributed by atoms with Crippen molar-refractivity contribution in [3.8, 4) is 0 Å². The first-order valence-corrected chi connectivity index (χ1v) is 6.07. The van der Waals surface area contributed by atoms with Crippen molar-refractivity contribution in [1.82, 2.24) is 19.9 Å². The highest BCUT2D eigenvalue weighted by atomic mass is 16.6. The van der Waals surface area contributed by atoms with E-state index in [1.807, 2.05) is 0 Å². The fourth-order valence-corrected chi connectivity index (χ4v) is 1.93. The molecule has 0 aliphatic carbocycles. The number of hydrogen-bond donors (Lipinski definition) is 3. The number of imidazole rings is 2. The van der Waals surface area contributed by atoms with Crippen LogP contribution in [0, 0.1) is 10.1 Å². The predicted octanol–water partition coefficient (Wildman–Crippen LogP) is 1.85. The molecule has 0 amide bonds. The topological polar surface area (TPSA) is 113 Å². The average Bonchev–Trinajstić information content (AvgIpc) is 3.06. The van der Waals surface area contributed by atoms with Crippen LogP contribution >= 0.6 is 0 Å². The van der Waals surface area contributed by atoms with E-state index in [1.54, 1.807) is 18.6 Å². The number of anilines is 1. The molecule has 3 rings (SSSR count). The molecule has 0 aliphatic heterocycles. The van der Waals surface area contributed by atoms with E-state index in [0.29, 0.717) is 23.5 Å². The molecule has 0 atom stereocenters. The van der Waals surface area contributed by atoms with Crippen LogP contribution in [0.25, 0.3) is 11.0 Å². The van der Waals surface area contributed by atoms with Crippen molar-refractivity contribution >= 4 is 22.7 Å². The van der Waals surface area contributed by atoms with Crippen LogP contribution in [0.3, 0.4) is 0 Å². The molecular formula is C12H12N6O2. The van der Waals surface area contributed by atoms with Crippen molar-refractivity contribution < 1.29 is 4.92 Å². The lowest BCUT2D eigenvalue weighted by atomic mass is 10.3. The number of benzene rings is 1. The lowest BCUT2D eigenvalue weighted by molar-refractivity contribution is -0.384. The summed E-state index contributed by atoms with van der Waals surface area (Å²) in [4.78, 5) is 24.6. The Bertz CT molecular complexity index is 734. The Kier molecular flexibility index (Phi) is 3.04. The predicted molar refractivity (Wildman–Crippen MR) is 73.5 cm³/mol. The lowest BCUT2D eigenvalue weighted by Gasteiger charge is -2.00. The van der Waals surface area contributed by atoms with Gasteiger partial charge in [-0.3, -0.25) is 10.1 Å². The molecule has 0 aliphatic rings. The number of hydrogen-bond acceptors (Lipinski definition) is 5. The summed E-state index contributed by atoms with van der Waals surface area (Å²) in [6.45, 7) is 0.685. The van der Waals surface area contributed by atoms with Gasteiger partial charge in [0, 0.05) is 37.0 Å². The van der Waals surface area contributed by atoms with Gasteiger partial charge in [-0.15, -0.1) is 0 Å². The Balaban J connectivity index is 1.70. The number of H-pyrrole nitrogens is 2. The number of fused-ring (bicyclic) bond motifs is 1. The molecule has 8 nitrogen and oxygen atoms in total. The second-order valence-electron chi connectivity index (χ2n) is 4.30. The zero-order chi connectivity index (χ0) is 13.9. The van der Waals surface area contributed by atoms with Gasteiger partial charge in [-0.1, -0.05) is 0 Å². The molecule has 0 radical (unpaired) electrons. The van der Waals surface area contributed by atoms with Crippen molar-refractivity contribution in [2.24, 2.45) is 0 Å². The zero-order valence-electron chi connectivity index (χ0n) is 10.5. The van der Waals surface area contributed by atoms with Crippen molar-refractivity contribution in [1.29, 1.82) is 0 Å². The number of non-ortho nitro benzene ring substituents is 1. The number of nitro groups is 1. The summed E-state index contributed by atoms with van der Waals surface area (Å²) in [5.41, 5.74) is 2.41. The molecule has 0 spiro atoms. The molecule has 1 aromatic carbocycles. The van der Waals surface area contributed by atoms with E-state index in [0.717, 1.165) is 12.1 Å². The third kappa shape index (κ3) is 2.44. The molecule has 8 heteroatoms. The van der Waals surface area contributed by atoms with E-state index < -0.39 is 4.92 Å². The highest BCUT2D eigenvalue weighted by molar-refractivity contribution is 5.79. The summed E-state index contributed by atoms with van der Waals surface area (Å²) in [5.74, 6) is 0.597. The minimum absolute atomic E-state index is 0.0464. The summed E-state index contributed by atoms with van der Waals surface area (Å²) in [7, 11) is 0. The molecular weight excluding hydrogens is 260 g/mol. The van der Waals surface area contributed by atoms with Crippen LogP contribution in [0.4, 0.5) is 11.6 Å². The van der Waals surface area contributed by atoms with E-state index in [9.17, 15) is 10.1 Å². The van der Waals surface area contributed by atoms with Gasteiger partial charge in [0.2, 0.25) is 5.95 Å². The van der Waals surface area contributed by atoms with Gasteiger partial charge in [-0.2, -0.15) is 0 Å². The molecule has 102 valence electrons. The van der Waals surface area contributed by atoms with Gasteiger partial charge < -0.3 is 15.3 Å². The van der Waals surface area contributed by atoms with Crippen LogP contribution < -0.4 is 5.32 Å². The Morgan fingerprint density at radius 1 is 1.40 bits per heavy atom. The Labute approximate surface area is 113 Å². The van der Waals surface area contributed by atoms with Crippen LogP contribution in [0.15, 0.2) is 30.7 Å². The standard InChI is InChI=1S/C12H12N6O2/c19-18(20)9-1-2-10-11(5-9)17-12(16-10)14-4-3-8-6-13-7-15-8/h1-2,5-7H,3-4H2,(H,13,15)(H2,14,16,17). The third-order valence-corrected chi connectivity index (χ3v) is 2.92. The number of nitro benzene ring substituents is 1. The van der Waals surface area contributed by atoms with Gasteiger partial charge in [0.15, 0.2) is 0 Å². The SMILES string of the molecule is O=[N+]([O-])c1ccc2nc(NCCc3cnc[nH]3)[nH]c2c1. The molecule has 3 aromatic rings. The van der Waals surface area contributed by atoms with Crippen molar-refractivity contribution in [2.75, 3.05) is 11.9 Å². The molecule has 0 saturated heterocycles. The molecule has 3 N–H and O–H groups in total. The fourth-order valence-electron chi connectivity index (χ4n) is 1.93. The van der Waals surface area contributed by atoms with Gasteiger partial charge in [-0.25, -0.2) is 9.97 Å². The summed E-state index contributed by atoms with van der Waals surface area (Å²) >= 11 is 0. The molecule has 2 aromatic heterocycles. The normalized spacial score (nSPS) is 10.8. The number of rotatable bonds is 5. The first-order valence-electron chi connectivity index (χ1n) is 6.07. The molecule has 20 heavy (non-hydrogen) atoms. The second-order valence-corrected chi connectivity index (χ2v) is 4.30. The van der Waals surface area contributed by atoms with Crippen LogP contribution in [0.2, 0.25) is 0 Å². The van der Waals surface area contributed by atoms with Crippen LogP contribution in [0.1, 0.15) is 5.69 Å². The van der Waals surface area contributed by atoms with E-state index in [1.165, 1.54) is 12.1 Å². The van der Waals surface area contributed by atoms with Crippen LogP contribution in [-0.2, 0) is 6.42 Å². The van der Waals surface area contributed by atoms with E-state index in [4.69, 9.17) is 0 Å². The quantitative estimate of drug-likeness (QED) is 0.484. The molecule has 0 fully saturated rings. The largest absolute Gasteiger partial charge is 0.355 e. The highest BCUT2D eigenvalue weighted by Crippen LogP contribution is 2.20. The maximum atomic E-state index is 10.7. The molecule has 0 unspecified atom stereocenters. The first kappa shape index (κ1) is 12.2. The van der Waals surface area contributed by atoms with E-state index in [-0.39, 0.29) is 5.69 Å². The summed E-state index contributed by atoms with van der Waals surface area (Å²) in [6, 6.07) is 4.55. The second kappa shape index (κ2) is 5.00. The van der Waals surface area contributed by atoms with Crippen LogP contribution in [0.5, 0.6) is 0 Å². The van der Waals surface area contributed by atoms with Crippen molar-refractivity contribution in [3.63, 3.8) is 0 Å². The first-order chi connectivity index (χ1) is 9.72. The summed E-state index contributed by atoms with van der Waals surface area (Å²) < 4.78 is 0. The van der Waals surface area contributed by atoms with Gasteiger partial charge >= 0.3 is 0 Å². The Morgan fingerprint density at radius 2 is 2.30 bits per heavy atom. The summed E-state index contributed by atoms with van der Waals surface area (Å²) in [5, 5.41) is 13.8. The molecule has 0 bridgehead atoms. The van der Waals surface area contributed by atoms with Gasteiger partial charge in [0.25, 0.3) is 5.69 Å². The number of nitrogens with one attached hydrogen (secondary N) is 3. The highest BCUT2D eigenvalue weighted by Gasteiger charge is 2.09. The smallest absolute Gasteiger partial charge is 0.271 e. The number of aromatic nitrogens is 4. The van der Waals surface area contributed by atoms with Gasteiger partial charge in [0.1, 0.15) is 0 Å². The monoisotopic (exact) mass is 272 g/mol. The Hall–Kier alpha value is -2.90. The zero-order valence-corrected chi connectivity index (χ0v) is 10.5. The minimum atomic E-state index is -0.425. The van der Waals surface area contributed by atoms with Crippen molar-refractivity contribution in [2.45, 2.75) is 6.42 Å². The van der Waals surface area contributed by atoms with E-state index in [2.05, 4.69) is 25.3 Å². The lowest BCUT2D eigenvalue weighted by Crippen LogP contribution is -2.06. The molecule has 0 saturated carbocycles. The number of nitrogens with zero attached hydrogens (tertiary/aromatic N) is 3. The van der Waals surface area contributed by atoms with Gasteiger partial charge in [0.05, 0.1) is 22.3 Å². The third-order valence-electron chi connectivity index (χ3n) is 2.92. The maximum Gasteiger partial charge on any atom is 0.271 e. The maximum absolute atomic E-state index is 10.7. The summed E-state index contributed by atoms with van der Waals surface area (Å²) in [6.07, 6.45) is 4.19. The average molecular weight is 272 g/mol. The van der Waals surface area contributed by atoms with Crippen molar-refractivity contribution in [3.05, 3.63) is 46.5 Å². The van der Waals surface area contributed by atoms with Gasteiger partial charge in [-0.05, 0) is 6.07 Å². The fraction of sp³-hybridized carbons (Fsp3) is 0.167. The Morgan fingerprint density at radius 3 is 3.05 bits per heavy atom. The van der Waals surface area contributed by atoms with Crippen LogP contribution in [-0.4, -0.2) is 31.4 Å². The minimum Gasteiger partial charge on any atom is -0.355 e.